The highest BCUT2D eigenvalue weighted by molar-refractivity contribution is 7.87. The third kappa shape index (κ3) is 3.68. The van der Waals surface area contributed by atoms with Crippen molar-refractivity contribution in [1.82, 2.24) is 9.03 Å². The molecule has 1 atom stereocenters. The minimum absolute atomic E-state index is 0.0612. The van der Waals surface area contributed by atoms with Crippen LogP contribution in [-0.2, 0) is 16.8 Å². The Morgan fingerprint density at radius 1 is 1.32 bits per heavy atom. The summed E-state index contributed by atoms with van der Waals surface area (Å²) >= 11 is 0. The lowest BCUT2D eigenvalue weighted by molar-refractivity contribution is 0.265. The zero-order chi connectivity index (χ0) is 13.9. The molecule has 0 radical (unpaired) electrons. The van der Waals surface area contributed by atoms with Crippen molar-refractivity contribution in [3.05, 3.63) is 29.8 Å². The molecule has 0 bridgehead atoms. The van der Waals surface area contributed by atoms with Gasteiger partial charge in [-0.15, -0.1) is 0 Å². The molecule has 0 aliphatic carbocycles. The Hall–Kier alpha value is -1.11. The molecular weight excluding hydrogens is 264 g/mol. The van der Waals surface area contributed by atoms with Crippen LogP contribution in [0.15, 0.2) is 24.3 Å². The van der Waals surface area contributed by atoms with Crippen molar-refractivity contribution in [2.45, 2.75) is 38.8 Å². The van der Waals surface area contributed by atoms with Crippen molar-refractivity contribution in [3.8, 4) is 5.75 Å². The van der Waals surface area contributed by atoms with Crippen LogP contribution in [0.5, 0.6) is 5.75 Å². The van der Waals surface area contributed by atoms with E-state index in [1.807, 2.05) is 6.92 Å². The summed E-state index contributed by atoms with van der Waals surface area (Å²) < 4.78 is 28.6. The summed E-state index contributed by atoms with van der Waals surface area (Å²) in [5, 5.41) is 9.18. The molecule has 0 saturated carbocycles. The molecule has 5 nitrogen and oxygen atoms in total. The van der Waals surface area contributed by atoms with Gasteiger partial charge in [-0.25, -0.2) is 0 Å². The predicted octanol–water partition coefficient (Wildman–Crippen LogP) is 1.60. The van der Waals surface area contributed by atoms with E-state index in [0.29, 0.717) is 6.54 Å². The molecule has 1 saturated heterocycles. The molecule has 0 aromatic heterocycles. The summed E-state index contributed by atoms with van der Waals surface area (Å²) in [5.74, 6) is 0.177. The topological polar surface area (TPSA) is 69.6 Å². The Labute approximate surface area is 114 Å². The van der Waals surface area contributed by atoms with Crippen LogP contribution in [0.1, 0.15) is 31.7 Å². The zero-order valence-corrected chi connectivity index (χ0v) is 11.9. The number of hydrogen-bond acceptors (Lipinski definition) is 3. The van der Waals surface area contributed by atoms with Crippen molar-refractivity contribution in [1.29, 1.82) is 0 Å². The lowest BCUT2D eigenvalue weighted by atomic mass is 10.1. The van der Waals surface area contributed by atoms with Crippen LogP contribution in [0.2, 0.25) is 0 Å². The van der Waals surface area contributed by atoms with Gasteiger partial charge in [-0.3, -0.25) is 0 Å². The predicted molar refractivity (Wildman–Crippen MR) is 73.9 cm³/mol. The van der Waals surface area contributed by atoms with E-state index in [0.717, 1.165) is 24.8 Å². The Balaban J connectivity index is 1.99. The second-order valence-corrected chi connectivity index (χ2v) is 6.66. The van der Waals surface area contributed by atoms with E-state index in [4.69, 9.17) is 0 Å². The molecule has 2 rings (SSSR count). The number of rotatable bonds is 4. The van der Waals surface area contributed by atoms with Gasteiger partial charge in [0, 0.05) is 19.1 Å². The third-order valence-corrected chi connectivity index (χ3v) is 5.11. The molecule has 1 aliphatic heterocycles. The first-order valence-corrected chi connectivity index (χ1v) is 7.97. The summed E-state index contributed by atoms with van der Waals surface area (Å²) in [7, 11) is -3.42. The van der Waals surface area contributed by atoms with Crippen LogP contribution in [0.4, 0.5) is 0 Å². The van der Waals surface area contributed by atoms with E-state index < -0.39 is 10.2 Å². The molecule has 0 spiro atoms. The highest BCUT2D eigenvalue weighted by atomic mass is 32.2. The van der Waals surface area contributed by atoms with Crippen molar-refractivity contribution in [3.63, 3.8) is 0 Å². The van der Waals surface area contributed by atoms with Crippen molar-refractivity contribution in [2.75, 3.05) is 6.54 Å². The number of aromatic hydroxyl groups is 1. The van der Waals surface area contributed by atoms with E-state index in [1.165, 1.54) is 4.31 Å². The maximum Gasteiger partial charge on any atom is 0.279 e. The molecule has 6 heteroatoms. The van der Waals surface area contributed by atoms with Crippen LogP contribution in [0.3, 0.4) is 0 Å². The first-order valence-electron chi connectivity index (χ1n) is 6.53. The summed E-state index contributed by atoms with van der Waals surface area (Å²) in [6, 6.07) is 6.57. The standard InChI is InChI=1S/C13H20N2O3S/c1-11-4-2-3-9-15(11)19(17,18)14-10-12-5-7-13(16)8-6-12/h5-8,11,14,16H,2-4,9-10H2,1H3. The largest absolute Gasteiger partial charge is 0.508 e. The highest BCUT2D eigenvalue weighted by Crippen LogP contribution is 2.19. The van der Waals surface area contributed by atoms with E-state index in [2.05, 4.69) is 4.72 Å². The van der Waals surface area contributed by atoms with E-state index in [9.17, 15) is 13.5 Å². The first kappa shape index (κ1) is 14.3. The molecule has 106 valence electrons. The fraction of sp³-hybridized carbons (Fsp3) is 0.538. The van der Waals surface area contributed by atoms with Gasteiger partial charge in [-0.2, -0.15) is 17.4 Å². The number of piperidine rings is 1. The van der Waals surface area contributed by atoms with Crippen molar-refractivity contribution < 1.29 is 13.5 Å². The molecule has 1 heterocycles. The first-order chi connectivity index (χ1) is 8.99. The molecule has 1 aromatic rings. The fourth-order valence-corrected chi connectivity index (χ4v) is 3.76. The number of nitrogens with zero attached hydrogens (tertiary/aromatic N) is 1. The molecule has 19 heavy (non-hydrogen) atoms. The van der Waals surface area contributed by atoms with Crippen molar-refractivity contribution >= 4 is 10.2 Å². The van der Waals surface area contributed by atoms with Crippen LogP contribution in [0.25, 0.3) is 0 Å². The third-order valence-electron chi connectivity index (χ3n) is 3.45. The summed E-state index contributed by atoms with van der Waals surface area (Å²) in [6.07, 6.45) is 2.93. The quantitative estimate of drug-likeness (QED) is 0.882. The Morgan fingerprint density at radius 2 is 2.00 bits per heavy atom. The average Bonchev–Trinajstić information content (AvgIpc) is 2.38. The van der Waals surface area contributed by atoms with Gasteiger partial charge in [0.1, 0.15) is 5.75 Å². The molecule has 2 N–H and O–H groups in total. The zero-order valence-electron chi connectivity index (χ0n) is 11.0. The van der Waals surface area contributed by atoms with E-state index in [-0.39, 0.29) is 18.3 Å². The van der Waals surface area contributed by atoms with Gasteiger partial charge in [0.2, 0.25) is 0 Å². The normalized spacial score (nSPS) is 21.4. The molecule has 0 amide bonds. The Kier molecular flexibility index (Phi) is 4.44. The van der Waals surface area contributed by atoms with Gasteiger partial charge < -0.3 is 5.11 Å². The van der Waals surface area contributed by atoms with Crippen LogP contribution in [-0.4, -0.2) is 30.4 Å². The van der Waals surface area contributed by atoms with Gasteiger partial charge in [0.15, 0.2) is 0 Å². The van der Waals surface area contributed by atoms with Gasteiger partial charge in [0.25, 0.3) is 10.2 Å². The second-order valence-electron chi connectivity index (χ2n) is 4.95. The lowest BCUT2D eigenvalue weighted by Gasteiger charge is -2.32. The average molecular weight is 284 g/mol. The summed E-state index contributed by atoms with van der Waals surface area (Å²) in [6.45, 7) is 2.77. The fourth-order valence-electron chi connectivity index (χ4n) is 2.30. The molecule has 1 fully saturated rings. The smallest absolute Gasteiger partial charge is 0.279 e. The highest BCUT2D eigenvalue weighted by Gasteiger charge is 2.28. The molecular formula is C13H20N2O3S. The van der Waals surface area contributed by atoms with Gasteiger partial charge in [-0.05, 0) is 37.5 Å². The molecule has 1 aromatic carbocycles. The SMILES string of the molecule is CC1CCCCN1S(=O)(=O)NCc1ccc(O)cc1. The summed E-state index contributed by atoms with van der Waals surface area (Å²) in [5.41, 5.74) is 0.825. The second kappa shape index (κ2) is 5.90. The monoisotopic (exact) mass is 284 g/mol. The van der Waals surface area contributed by atoms with E-state index >= 15 is 0 Å². The molecule has 1 aliphatic rings. The Morgan fingerprint density at radius 3 is 2.63 bits per heavy atom. The minimum Gasteiger partial charge on any atom is -0.508 e. The number of benzene rings is 1. The van der Waals surface area contributed by atoms with Gasteiger partial charge >= 0.3 is 0 Å². The van der Waals surface area contributed by atoms with Gasteiger partial charge in [0.05, 0.1) is 0 Å². The maximum absolute atomic E-state index is 12.2. The maximum atomic E-state index is 12.2. The number of phenolic OH excluding ortho intramolecular Hbond substituents is 1. The number of nitrogens with one attached hydrogen (secondary N) is 1. The van der Waals surface area contributed by atoms with Crippen LogP contribution < -0.4 is 4.72 Å². The number of hydrogen-bond donors (Lipinski definition) is 2. The van der Waals surface area contributed by atoms with Crippen molar-refractivity contribution in [2.24, 2.45) is 0 Å². The number of phenols is 1. The van der Waals surface area contributed by atoms with Crippen LogP contribution >= 0.6 is 0 Å². The summed E-state index contributed by atoms with van der Waals surface area (Å²) in [4.78, 5) is 0. The minimum atomic E-state index is -3.42. The Bertz CT molecular complexity index is 513. The van der Waals surface area contributed by atoms with E-state index in [1.54, 1.807) is 24.3 Å². The van der Waals surface area contributed by atoms with Gasteiger partial charge in [-0.1, -0.05) is 18.6 Å². The molecule has 1 unspecified atom stereocenters. The lowest BCUT2D eigenvalue weighted by Crippen LogP contribution is -2.47. The van der Waals surface area contributed by atoms with Crippen LogP contribution in [0, 0.1) is 0 Å².